The second kappa shape index (κ2) is 14.6. The number of carbonyl (C=O) groups is 4. The van der Waals surface area contributed by atoms with Crippen molar-refractivity contribution < 1.29 is 23.9 Å². The van der Waals surface area contributed by atoms with Gasteiger partial charge >= 0.3 is 5.97 Å². The highest BCUT2D eigenvalue weighted by molar-refractivity contribution is 8.13. The Balaban J connectivity index is 2.22. The molecule has 1 aromatic rings. The van der Waals surface area contributed by atoms with Gasteiger partial charge in [-0.05, 0) is 57.4 Å². The molecule has 1 aromatic carbocycles. The van der Waals surface area contributed by atoms with Crippen molar-refractivity contribution in [2.75, 3.05) is 5.75 Å². The molecule has 0 unspecified atom stereocenters. The van der Waals surface area contributed by atoms with Gasteiger partial charge in [-0.1, -0.05) is 68.8 Å². The summed E-state index contributed by atoms with van der Waals surface area (Å²) in [6.45, 7) is 10.9. The monoisotopic (exact) mass is 532 g/mol. The maximum absolute atomic E-state index is 13.5. The van der Waals surface area contributed by atoms with E-state index in [9.17, 15) is 19.2 Å². The second-order valence-electron chi connectivity index (χ2n) is 11.4. The van der Waals surface area contributed by atoms with Crippen LogP contribution in [0.1, 0.15) is 79.2 Å². The fraction of sp³-hybridized carbons (Fsp3) is 0.655. The highest BCUT2D eigenvalue weighted by Gasteiger charge is 2.35. The Morgan fingerprint density at radius 1 is 1.00 bits per heavy atom. The molecule has 8 heteroatoms. The van der Waals surface area contributed by atoms with Crippen molar-refractivity contribution in [3.63, 3.8) is 0 Å². The Kier molecular flexibility index (Phi) is 12.1. The summed E-state index contributed by atoms with van der Waals surface area (Å²) < 4.78 is 5.57. The lowest BCUT2D eigenvalue weighted by Crippen LogP contribution is -2.55. The van der Waals surface area contributed by atoms with E-state index in [2.05, 4.69) is 10.6 Å². The van der Waals surface area contributed by atoms with Crippen molar-refractivity contribution in [2.24, 2.45) is 17.8 Å². The molecule has 2 N–H and O–H groups in total. The normalized spacial score (nSPS) is 19.5. The van der Waals surface area contributed by atoms with Crippen LogP contribution in [0.4, 0.5) is 0 Å². The van der Waals surface area contributed by atoms with Gasteiger partial charge in [0, 0.05) is 25.0 Å². The average molecular weight is 533 g/mol. The van der Waals surface area contributed by atoms with Gasteiger partial charge in [0.25, 0.3) is 0 Å². The molecular formula is C29H44N2O5S. The Morgan fingerprint density at radius 2 is 1.65 bits per heavy atom. The van der Waals surface area contributed by atoms with Crippen LogP contribution in [-0.2, 0) is 30.3 Å². The number of hydrogen-bond donors (Lipinski definition) is 2. The van der Waals surface area contributed by atoms with E-state index in [1.54, 1.807) is 27.7 Å². The molecule has 1 fully saturated rings. The maximum atomic E-state index is 13.5. The Labute approximate surface area is 226 Å². The van der Waals surface area contributed by atoms with Gasteiger partial charge in [-0.25, -0.2) is 4.79 Å². The van der Waals surface area contributed by atoms with Crippen LogP contribution in [0, 0.1) is 17.8 Å². The van der Waals surface area contributed by atoms with E-state index in [-0.39, 0.29) is 28.8 Å². The van der Waals surface area contributed by atoms with Crippen LogP contribution in [-0.4, -0.2) is 46.3 Å². The molecule has 0 heterocycles. The van der Waals surface area contributed by atoms with Crippen molar-refractivity contribution in [2.45, 2.75) is 97.8 Å². The lowest BCUT2D eigenvalue weighted by molar-refractivity contribution is -0.159. The number of esters is 1. The third-order valence-electron chi connectivity index (χ3n) is 6.38. The van der Waals surface area contributed by atoms with E-state index in [0.29, 0.717) is 18.6 Å². The Bertz CT molecular complexity index is 913. The molecule has 0 aliphatic heterocycles. The van der Waals surface area contributed by atoms with E-state index in [1.165, 1.54) is 11.8 Å². The summed E-state index contributed by atoms with van der Waals surface area (Å²) in [7, 11) is 0. The first kappa shape index (κ1) is 30.9. The smallest absolute Gasteiger partial charge is 0.329 e. The summed E-state index contributed by atoms with van der Waals surface area (Å²) in [5.41, 5.74) is 0.232. The van der Waals surface area contributed by atoms with E-state index in [4.69, 9.17) is 4.74 Å². The molecule has 2 amide bonds. The molecule has 1 saturated carbocycles. The number of hydrogen-bond acceptors (Lipinski definition) is 6. The number of benzene rings is 1. The van der Waals surface area contributed by atoms with E-state index in [0.717, 1.165) is 31.2 Å². The number of rotatable bonds is 11. The van der Waals surface area contributed by atoms with Crippen LogP contribution in [0.15, 0.2) is 30.3 Å². The standard InChI is InChI=1S/C29H44N2O5S/c1-19(2)16-25(28(35)36-29(4,5)6)31-27(34)24(17-21-12-8-7-9-13-21)30-26(33)23-15-11-10-14-22(23)18-37-20(3)32/h7-9,12-13,19,22-25H,10-11,14-18H2,1-6H3,(H,30,33)(H,31,34)/t22-,23+,24-,25-/m0/s1. The van der Waals surface area contributed by atoms with Gasteiger partial charge in [-0.2, -0.15) is 0 Å². The largest absolute Gasteiger partial charge is 0.458 e. The van der Waals surface area contributed by atoms with Crippen molar-refractivity contribution in [3.8, 4) is 0 Å². The molecule has 0 radical (unpaired) electrons. The summed E-state index contributed by atoms with van der Waals surface area (Å²) in [5.74, 6) is -0.433. The quantitative estimate of drug-likeness (QED) is 0.402. The van der Waals surface area contributed by atoms with Gasteiger partial charge in [0.15, 0.2) is 5.12 Å². The maximum Gasteiger partial charge on any atom is 0.329 e. The van der Waals surface area contributed by atoms with Crippen LogP contribution >= 0.6 is 11.8 Å². The first-order valence-corrected chi connectivity index (χ1v) is 14.3. The molecule has 206 valence electrons. The van der Waals surface area contributed by atoms with Crippen molar-refractivity contribution in [1.82, 2.24) is 10.6 Å². The second-order valence-corrected chi connectivity index (χ2v) is 12.6. The van der Waals surface area contributed by atoms with Crippen LogP contribution < -0.4 is 10.6 Å². The van der Waals surface area contributed by atoms with Gasteiger partial charge in [0.1, 0.15) is 17.7 Å². The van der Waals surface area contributed by atoms with Crippen LogP contribution in [0.5, 0.6) is 0 Å². The number of ether oxygens (including phenoxy) is 1. The average Bonchev–Trinajstić information content (AvgIpc) is 2.81. The van der Waals surface area contributed by atoms with Gasteiger partial charge in [-0.3, -0.25) is 14.4 Å². The van der Waals surface area contributed by atoms with E-state index >= 15 is 0 Å². The lowest BCUT2D eigenvalue weighted by Gasteiger charge is -2.32. The zero-order valence-electron chi connectivity index (χ0n) is 23.2. The third-order valence-corrected chi connectivity index (χ3v) is 7.38. The molecule has 0 spiro atoms. The highest BCUT2D eigenvalue weighted by atomic mass is 32.2. The molecule has 2 rings (SSSR count). The van der Waals surface area contributed by atoms with Gasteiger partial charge < -0.3 is 15.4 Å². The summed E-state index contributed by atoms with van der Waals surface area (Å²) in [6.07, 6.45) is 4.35. The van der Waals surface area contributed by atoms with E-state index < -0.39 is 29.6 Å². The summed E-state index contributed by atoms with van der Waals surface area (Å²) in [4.78, 5) is 51.4. The Morgan fingerprint density at radius 3 is 2.24 bits per heavy atom. The predicted octanol–water partition coefficient (Wildman–Crippen LogP) is 4.67. The fourth-order valence-electron chi connectivity index (χ4n) is 4.65. The van der Waals surface area contributed by atoms with E-state index in [1.807, 2.05) is 44.2 Å². The third kappa shape index (κ3) is 11.3. The topological polar surface area (TPSA) is 102 Å². The predicted molar refractivity (Wildman–Crippen MR) is 148 cm³/mol. The molecular weight excluding hydrogens is 488 g/mol. The van der Waals surface area contributed by atoms with Crippen LogP contribution in [0.3, 0.4) is 0 Å². The molecule has 0 aromatic heterocycles. The molecule has 0 saturated heterocycles. The molecule has 4 atom stereocenters. The minimum Gasteiger partial charge on any atom is -0.458 e. The fourth-order valence-corrected chi connectivity index (χ4v) is 5.49. The highest BCUT2D eigenvalue weighted by Crippen LogP contribution is 2.33. The van der Waals surface area contributed by atoms with Gasteiger partial charge in [0.05, 0.1) is 0 Å². The molecule has 37 heavy (non-hydrogen) atoms. The molecule has 0 bridgehead atoms. The lowest BCUT2D eigenvalue weighted by atomic mass is 9.79. The van der Waals surface area contributed by atoms with Gasteiger partial charge in [0.2, 0.25) is 11.8 Å². The van der Waals surface area contributed by atoms with Crippen molar-refractivity contribution in [3.05, 3.63) is 35.9 Å². The zero-order valence-corrected chi connectivity index (χ0v) is 24.0. The number of thioether (sulfide) groups is 1. The minimum atomic E-state index is -0.838. The number of amides is 2. The summed E-state index contributed by atoms with van der Waals surface area (Å²) in [5, 5.41) is 5.92. The van der Waals surface area contributed by atoms with Gasteiger partial charge in [-0.15, -0.1) is 0 Å². The zero-order chi connectivity index (χ0) is 27.6. The number of carbonyl (C=O) groups excluding carboxylic acids is 4. The molecule has 7 nitrogen and oxygen atoms in total. The SMILES string of the molecule is CC(=O)SC[C@@H]1CCCC[C@H]1C(=O)N[C@@H](Cc1ccccc1)C(=O)N[C@@H](CC(C)C)C(=O)OC(C)(C)C. The molecule has 1 aliphatic carbocycles. The van der Waals surface area contributed by atoms with Crippen molar-refractivity contribution in [1.29, 1.82) is 0 Å². The van der Waals surface area contributed by atoms with Crippen LogP contribution in [0.2, 0.25) is 0 Å². The van der Waals surface area contributed by atoms with Crippen molar-refractivity contribution >= 4 is 34.7 Å². The first-order valence-electron chi connectivity index (χ1n) is 13.4. The minimum absolute atomic E-state index is 0.0457. The number of nitrogens with one attached hydrogen (secondary N) is 2. The first-order chi connectivity index (χ1) is 17.4. The molecule has 1 aliphatic rings. The summed E-state index contributed by atoms with van der Waals surface area (Å²) >= 11 is 1.26. The Hall–Kier alpha value is -2.35. The summed E-state index contributed by atoms with van der Waals surface area (Å²) in [6, 6.07) is 7.87. The van der Waals surface area contributed by atoms with Crippen LogP contribution in [0.25, 0.3) is 0 Å².